The molecule has 7 heteroatoms. The van der Waals surface area contributed by atoms with Gasteiger partial charge in [-0.15, -0.1) is 12.4 Å². The van der Waals surface area contributed by atoms with Gasteiger partial charge in [-0.1, -0.05) is 0 Å². The highest BCUT2D eigenvalue weighted by Gasteiger charge is 2.53. The summed E-state index contributed by atoms with van der Waals surface area (Å²) in [6, 6.07) is 0.949. The molecular formula is C12H14ClF3N2O. The van der Waals surface area contributed by atoms with E-state index >= 15 is 0 Å². The smallest absolute Gasteiger partial charge is 0.420 e. The number of rotatable bonds is 3. The van der Waals surface area contributed by atoms with Crippen molar-refractivity contribution < 1.29 is 17.9 Å². The van der Waals surface area contributed by atoms with Gasteiger partial charge >= 0.3 is 6.18 Å². The molecule has 106 valence electrons. The quantitative estimate of drug-likeness (QED) is 0.929. The van der Waals surface area contributed by atoms with Crippen LogP contribution in [0.4, 0.5) is 13.2 Å². The minimum atomic E-state index is -4.39. The molecule has 1 aliphatic carbocycles. The third kappa shape index (κ3) is 2.79. The number of piperidine rings is 1. The molecule has 1 saturated carbocycles. The number of nitrogens with zero attached hydrogens (tertiary/aromatic N) is 1. The van der Waals surface area contributed by atoms with E-state index < -0.39 is 11.7 Å². The van der Waals surface area contributed by atoms with Crippen LogP contribution in [0.2, 0.25) is 0 Å². The van der Waals surface area contributed by atoms with E-state index in [0.717, 1.165) is 31.5 Å². The fourth-order valence-corrected chi connectivity index (χ4v) is 2.71. The molecule has 3 atom stereocenters. The average Bonchev–Trinajstić information content (AvgIpc) is 2.77. The summed E-state index contributed by atoms with van der Waals surface area (Å²) in [6.07, 6.45) is -2.12. The fraction of sp³-hybridized carbons (Fsp3) is 0.583. The molecule has 1 N–H and O–H groups in total. The predicted molar refractivity (Wildman–Crippen MR) is 65.3 cm³/mol. The Bertz CT molecular complexity index is 445. The third-order valence-electron chi connectivity index (χ3n) is 3.79. The van der Waals surface area contributed by atoms with Gasteiger partial charge in [0.15, 0.2) is 0 Å². The molecule has 0 aromatic carbocycles. The maximum Gasteiger partial charge on any atom is 0.420 e. The molecule has 0 amide bonds. The molecule has 3 nitrogen and oxygen atoms in total. The molecule has 0 bridgehead atoms. The van der Waals surface area contributed by atoms with Gasteiger partial charge in [0.1, 0.15) is 11.3 Å². The highest BCUT2D eigenvalue weighted by molar-refractivity contribution is 5.85. The zero-order valence-electron chi connectivity index (χ0n) is 9.98. The van der Waals surface area contributed by atoms with Gasteiger partial charge in [-0.25, -0.2) is 0 Å². The number of hydrogen-bond acceptors (Lipinski definition) is 3. The first kappa shape index (κ1) is 14.4. The van der Waals surface area contributed by atoms with Gasteiger partial charge in [-0.05, 0) is 31.0 Å². The third-order valence-corrected chi connectivity index (χ3v) is 3.79. The Morgan fingerprint density at radius 3 is 2.63 bits per heavy atom. The molecule has 2 fully saturated rings. The number of hydrogen-bond donors (Lipinski definition) is 1. The first-order valence-electron chi connectivity index (χ1n) is 5.92. The van der Waals surface area contributed by atoms with E-state index in [0.29, 0.717) is 24.4 Å². The molecule has 0 unspecified atom stereocenters. The molecule has 1 aromatic rings. The summed E-state index contributed by atoms with van der Waals surface area (Å²) in [7, 11) is 0. The van der Waals surface area contributed by atoms with Crippen molar-refractivity contribution in [3.8, 4) is 5.75 Å². The summed E-state index contributed by atoms with van der Waals surface area (Å²) >= 11 is 0. The number of alkyl halides is 3. The van der Waals surface area contributed by atoms with Gasteiger partial charge in [0.25, 0.3) is 0 Å². The van der Waals surface area contributed by atoms with Crippen molar-refractivity contribution in [2.45, 2.75) is 6.18 Å². The van der Waals surface area contributed by atoms with Crippen LogP contribution < -0.4 is 10.1 Å². The maximum atomic E-state index is 12.7. The van der Waals surface area contributed by atoms with E-state index in [1.165, 1.54) is 0 Å². The van der Waals surface area contributed by atoms with Crippen molar-refractivity contribution in [2.75, 3.05) is 19.7 Å². The standard InChI is InChI=1S/C12H13F3N2O.ClH/c13-12(14,15)10-1-2-16-5-11(10)18-6-9-7-3-17-4-8(7)9;/h1-2,5,7-9,17H,3-4,6H2;1H/t7-,8+,9+;. The number of aromatic nitrogens is 1. The van der Waals surface area contributed by atoms with Crippen LogP contribution in [-0.4, -0.2) is 24.7 Å². The van der Waals surface area contributed by atoms with Gasteiger partial charge in [0.2, 0.25) is 0 Å². The summed E-state index contributed by atoms with van der Waals surface area (Å²) in [5, 5.41) is 3.24. The van der Waals surface area contributed by atoms with Gasteiger partial charge in [-0.2, -0.15) is 13.2 Å². The summed E-state index contributed by atoms with van der Waals surface area (Å²) in [5.74, 6) is 1.39. The number of ether oxygens (including phenoxy) is 1. The Kier molecular flexibility index (Phi) is 3.92. The molecule has 3 rings (SSSR count). The Morgan fingerprint density at radius 1 is 1.32 bits per heavy atom. The SMILES string of the molecule is Cl.FC(F)(F)c1ccncc1OC[C@H]1[C@@H]2CNC[C@@H]21. The molecule has 2 aliphatic rings. The lowest BCUT2D eigenvalue weighted by molar-refractivity contribution is -0.139. The second-order valence-electron chi connectivity index (χ2n) is 4.83. The van der Waals surface area contributed by atoms with E-state index in [-0.39, 0.29) is 18.2 Å². The van der Waals surface area contributed by atoms with Crippen molar-refractivity contribution in [3.63, 3.8) is 0 Å². The van der Waals surface area contributed by atoms with Crippen LogP contribution in [0.25, 0.3) is 0 Å². The molecule has 1 saturated heterocycles. The molecule has 2 heterocycles. The normalized spacial score (nSPS) is 28.5. The maximum absolute atomic E-state index is 12.7. The largest absolute Gasteiger partial charge is 0.491 e. The van der Waals surface area contributed by atoms with Crippen LogP contribution in [-0.2, 0) is 6.18 Å². The summed E-state index contributed by atoms with van der Waals surface area (Å²) in [4.78, 5) is 3.69. The van der Waals surface area contributed by atoms with Gasteiger partial charge < -0.3 is 10.1 Å². The molecular weight excluding hydrogens is 281 g/mol. The molecule has 0 radical (unpaired) electrons. The molecule has 0 spiro atoms. The number of halogens is 4. The van der Waals surface area contributed by atoms with Crippen molar-refractivity contribution in [3.05, 3.63) is 24.0 Å². The van der Waals surface area contributed by atoms with E-state index in [4.69, 9.17) is 4.74 Å². The van der Waals surface area contributed by atoms with Gasteiger partial charge in [-0.3, -0.25) is 4.98 Å². The Morgan fingerprint density at radius 2 is 2.00 bits per heavy atom. The van der Waals surface area contributed by atoms with E-state index in [2.05, 4.69) is 10.3 Å². The van der Waals surface area contributed by atoms with Gasteiger partial charge in [0, 0.05) is 12.1 Å². The summed E-state index contributed by atoms with van der Waals surface area (Å²) in [6.45, 7) is 2.27. The van der Waals surface area contributed by atoms with E-state index in [1.54, 1.807) is 0 Å². The summed E-state index contributed by atoms with van der Waals surface area (Å²) in [5.41, 5.74) is -0.749. The van der Waals surface area contributed by atoms with Crippen LogP contribution in [0, 0.1) is 17.8 Å². The number of pyridine rings is 1. The lowest BCUT2D eigenvalue weighted by Crippen LogP contribution is -2.18. The minimum Gasteiger partial charge on any atom is -0.491 e. The Labute approximate surface area is 115 Å². The van der Waals surface area contributed by atoms with E-state index in [9.17, 15) is 13.2 Å². The Balaban J connectivity index is 0.00000133. The lowest BCUT2D eigenvalue weighted by Gasteiger charge is -2.13. The fourth-order valence-electron chi connectivity index (χ4n) is 2.71. The van der Waals surface area contributed by atoms with Crippen molar-refractivity contribution >= 4 is 12.4 Å². The zero-order chi connectivity index (χ0) is 12.8. The highest BCUT2D eigenvalue weighted by atomic mass is 35.5. The van der Waals surface area contributed by atoms with Crippen LogP contribution in [0.3, 0.4) is 0 Å². The second-order valence-corrected chi connectivity index (χ2v) is 4.83. The van der Waals surface area contributed by atoms with Crippen LogP contribution in [0.15, 0.2) is 18.5 Å². The number of nitrogens with one attached hydrogen (secondary N) is 1. The molecule has 1 aliphatic heterocycles. The Hall–Kier alpha value is -1.01. The first-order chi connectivity index (χ1) is 8.57. The monoisotopic (exact) mass is 294 g/mol. The van der Waals surface area contributed by atoms with Crippen molar-refractivity contribution in [1.82, 2.24) is 10.3 Å². The summed E-state index contributed by atoms with van der Waals surface area (Å²) < 4.78 is 43.4. The molecule has 19 heavy (non-hydrogen) atoms. The van der Waals surface area contributed by atoms with Crippen LogP contribution >= 0.6 is 12.4 Å². The van der Waals surface area contributed by atoms with Crippen molar-refractivity contribution in [1.29, 1.82) is 0 Å². The van der Waals surface area contributed by atoms with Gasteiger partial charge in [0.05, 0.1) is 12.8 Å². The number of fused-ring (bicyclic) bond motifs is 1. The zero-order valence-corrected chi connectivity index (χ0v) is 10.8. The van der Waals surface area contributed by atoms with Crippen LogP contribution in [0.5, 0.6) is 5.75 Å². The minimum absolute atomic E-state index is 0. The highest BCUT2D eigenvalue weighted by Crippen LogP contribution is 2.49. The average molecular weight is 295 g/mol. The predicted octanol–water partition coefficient (Wildman–Crippen LogP) is 2.37. The molecule has 1 aromatic heterocycles. The first-order valence-corrected chi connectivity index (χ1v) is 5.92. The lowest BCUT2D eigenvalue weighted by atomic mass is 10.2. The second kappa shape index (κ2) is 5.17. The topological polar surface area (TPSA) is 34.1 Å². The van der Waals surface area contributed by atoms with Crippen molar-refractivity contribution in [2.24, 2.45) is 17.8 Å². The van der Waals surface area contributed by atoms with E-state index in [1.807, 2.05) is 0 Å². The van der Waals surface area contributed by atoms with Crippen LogP contribution in [0.1, 0.15) is 5.56 Å².